The summed E-state index contributed by atoms with van der Waals surface area (Å²) in [6.07, 6.45) is 3.27. The molecule has 3 aromatic rings. The number of carboxylic acid groups (broad SMARTS) is 1. The van der Waals surface area contributed by atoms with Gasteiger partial charge in [-0.3, -0.25) is 9.69 Å². The Morgan fingerprint density at radius 3 is 2.60 bits per heavy atom. The van der Waals surface area contributed by atoms with E-state index in [4.69, 9.17) is 14.6 Å². The monoisotopic (exact) mass is 578 g/mol. The van der Waals surface area contributed by atoms with Gasteiger partial charge < -0.3 is 30.3 Å². The molecule has 2 amide bonds. The second-order valence-corrected chi connectivity index (χ2v) is 10.7. The van der Waals surface area contributed by atoms with Crippen LogP contribution in [0.5, 0.6) is 17.4 Å². The normalized spacial score (nSPS) is 19.5. The Morgan fingerprint density at radius 1 is 1.02 bits per heavy atom. The highest BCUT2D eigenvalue weighted by molar-refractivity contribution is 5.96. The molecule has 0 bridgehead atoms. The fraction of sp³-hybridized carbons (Fsp3) is 0.387. The number of ether oxygens (including phenoxy) is 2. The Balaban J connectivity index is 1.32. The number of carbonyl (C=O) groups excluding carboxylic acids is 1. The zero-order valence-corrected chi connectivity index (χ0v) is 23.2. The predicted octanol–water partition coefficient (Wildman–Crippen LogP) is 4.92. The van der Waals surface area contributed by atoms with E-state index in [1.165, 1.54) is 0 Å². The Hall–Kier alpha value is -4.22. The third-order valence-electron chi connectivity index (χ3n) is 7.61. The number of pyridine rings is 1. The summed E-state index contributed by atoms with van der Waals surface area (Å²) in [5.74, 6) is -0.593. The number of amides is 2. The van der Waals surface area contributed by atoms with Crippen molar-refractivity contribution in [1.29, 1.82) is 0 Å². The van der Waals surface area contributed by atoms with Crippen LogP contribution in [-0.4, -0.2) is 70.5 Å². The molecule has 1 aliphatic carbocycles. The molecule has 1 aromatic heterocycles. The van der Waals surface area contributed by atoms with Gasteiger partial charge in [0.2, 0.25) is 5.88 Å². The maximum atomic E-state index is 14.2. The Bertz CT molecular complexity index is 1400. The van der Waals surface area contributed by atoms with E-state index in [1.807, 2.05) is 24.3 Å². The molecule has 2 aliphatic rings. The van der Waals surface area contributed by atoms with Gasteiger partial charge in [0, 0.05) is 38.3 Å². The van der Waals surface area contributed by atoms with Gasteiger partial charge >= 0.3 is 6.09 Å². The molecule has 42 heavy (non-hydrogen) atoms. The topological polar surface area (TPSA) is 133 Å². The summed E-state index contributed by atoms with van der Waals surface area (Å²) in [7, 11) is 0. The molecule has 2 fully saturated rings. The number of carbonyl (C=O) groups is 2. The quantitative estimate of drug-likeness (QED) is 0.296. The molecule has 10 nitrogen and oxygen atoms in total. The number of phenols is 1. The first-order valence-electron chi connectivity index (χ1n) is 14.2. The van der Waals surface area contributed by atoms with Crippen LogP contribution in [0.4, 0.5) is 9.18 Å². The van der Waals surface area contributed by atoms with Crippen molar-refractivity contribution < 1.29 is 33.7 Å². The Labute approximate surface area is 243 Å². The lowest BCUT2D eigenvalue weighted by Crippen LogP contribution is -2.43. The fourth-order valence-electron chi connectivity index (χ4n) is 5.52. The van der Waals surface area contributed by atoms with Gasteiger partial charge in [-0.25, -0.2) is 14.2 Å². The van der Waals surface area contributed by atoms with Gasteiger partial charge in [0.05, 0.1) is 12.8 Å². The summed E-state index contributed by atoms with van der Waals surface area (Å²) in [4.78, 5) is 30.4. The molecule has 0 unspecified atom stereocenters. The van der Waals surface area contributed by atoms with Gasteiger partial charge in [0.25, 0.3) is 5.91 Å². The first-order valence-corrected chi connectivity index (χ1v) is 14.2. The molecule has 0 spiro atoms. The average Bonchev–Trinajstić information content (AvgIpc) is 3.24. The van der Waals surface area contributed by atoms with Crippen LogP contribution in [0.15, 0.2) is 54.7 Å². The summed E-state index contributed by atoms with van der Waals surface area (Å²) in [6.45, 7) is 3.77. The van der Waals surface area contributed by atoms with Crippen LogP contribution in [0.3, 0.4) is 0 Å². The highest BCUT2D eigenvalue weighted by Gasteiger charge is 2.25. The number of phenolic OH excluding ortho intramolecular Hbond substituents is 1. The molecular formula is C31H35FN4O6. The maximum Gasteiger partial charge on any atom is 0.404 e. The van der Waals surface area contributed by atoms with E-state index >= 15 is 0 Å². The second kappa shape index (κ2) is 13.6. The van der Waals surface area contributed by atoms with Crippen molar-refractivity contribution in [2.45, 2.75) is 50.7 Å². The molecule has 0 radical (unpaired) electrons. The molecule has 5 rings (SSSR count). The van der Waals surface area contributed by atoms with Crippen molar-refractivity contribution in [2.75, 3.05) is 26.3 Å². The molecule has 1 saturated carbocycles. The van der Waals surface area contributed by atoms with Crippen LogP contribution < -0.4 is 15.4 Å². The molecular weight excluding hydrogens is 543 g/mol. The molecule has 0 atom stereocenters. The Kier molecular flexibility index (Phi) is 9.50. The van der Waals surface area contributed by atoms with E-state index in [2.05, 4.69) is 20.5 Å². The molecule has 2 aromatic carbocycles. The lowest BCUT2D eigenvalue weighted by molar-refractivity contribution is 0.0919. The lowest BCUT2D eigenvalue weighted by Gasteiger charge is -2.29. The summed E-state index contributed by atoms with van der Waals surface area (Å²) in [5.41, 5.74) is 2.72. The zero-order valence-electron chi connectivity index (χ0n) is 23.2. The van der Waals surface area contributed by atoms with Crippen LogP contribution >= 0.6 is 0 Å². The van der Waals surface area contributed by atoms with Crippen molar-refractivity contribution in [3.8, 4) is 28.5 Å². The van der Waals surface area contributed by atoms with Crippen LogP contribution in [0, 0.1) is 5.82 Å². The lowest BCUT2D eigenvalue weighted by atomic mass is 9.91. The highest BCUT2D eigenvalue weighted by atomic mass is 19.1. The second-order valence-electron chi connectivity index (χ2n) is 10.7. The van der Waals surface area contributed by atoms with Gasteiger partial charge in [0.1, 0.15) is 22.9 Å². The van der Waals surface area contributed by atoms with Crippen LogP contribution in [-0.2, 0) is 11.3 Å². The van der Waals surface area contributed by atoms with Crippen molar-refractivity contribution in [2.24, 2.45) is 0 Å². The van der Waals surface area contributed by atoms with E-state index in [0.717, 1.165) is 55.1 Å². The standard InChI is InChI=1S/C31H35FN4O6/c32-22-17-28(29(38)34-23-5-7-24(8-6-23)35-31(39)40)30(33-18-22)42-26-4-1-3-20(16-26)27-10-9-25(37)15-21(27)19-36-11-2-13-41-14-12-36/h1,3-4,9-10,15-18,23-24,35,37H,2,5-8,11-14,19H2,(H,34,38)(H,39,40)/t23-,24-. The molecule has 222 valence electrons. The first kappa shape index (κ1) is 29.3. The smallest absolute Gasteiger partial charge is 0.404 e. The molecule has 1 saturated heterocycles. The highest BCUT2D eigenvalue weighted by Crippen LogP contribution is 2.33. The van der Waals surface area contributed by atoms with E-state index in [0.29, 0.717) is 44.6 Å². The number of nitrogens with one attached hydrogen (secondary N) is 2. The van der Waals surface area contributed by atoms with Gasteiger partial charge in [-0.15, -0.1) is 0 Å². The first-order chi connectivity index (χ1) is 20.3. The summed E-state index contributed by atoms with van der Waals surface area (Å²) in [5, 5.41) is 24.5. The zero-order chi connectivity index (χ0) is 29.5. The van der Waals surface area contributed by atoms with Crippen LogP contribution in [0.25, 0.3) is 11.1 Å². The summed E-state index contributed by atoms with van der Waals surface area (Å²) >= 11 is 0. The van der Waals surface area contributed by atoms with Gasteiger partial charge in [0.15, 0.2) is 0 Å². The van der Waals surface area contributed by atoms with E-state index < -0.39 is 17.8 Å². The number of halogens is 1. The van der Waals surface area contributed by atoms with Crippen molar-refractivity contribution in [3.63, 3.8) is 0 Å². The molecule has 11 heteroatoms. The van der Waals surface area contributed by atoms with Gasteiger partial charge in [-0.05, 0) is 79.1 Å². The largest absolute Gasteiger partial charge is 0.508 e. The Morgan fingerprint density at radius 2 is 1.81 bits per heavy atom. The maximum absolute atomic E-state index is 14.2. The number of hydrogen-bond acceptors (Lipinski definition) is 7. The SMILES string of the molecule is O=C(O)N[C@H]1CC[C@H](NC(=O)c2cc(F)cnc2Oc2cccc(-c3ccc(O)cc3CN3CCCOCC3)c2)CC1. The van der Waals surface area contributed by atoms with Crippen molar-refractivity contribution in [3.05, 3.63) is 71.7 Å². The van der Waals surface area contributed by atoms with Crippen molar-refractivity contribution >= 4 is 12.0 Å². The minimum absolute atomic E-state index is 0.0252. The van der Waals surface area contributed by atoms with E-state index in [1.54, 1.807) is 18.2 Å². The number of hydrogen-bond donors (Lipinski definition) is 4. The molecule has 2 heterocycles. The van der Waals surface area contributed by atoms with Gasteiger partial charge in [-0.1, -0.05) is 18.2 Å². The van der Waals surface area contributed by atoms with E-state index in [-0.39, 0.29) is 29.3 Å². The van der Waals surface area contributed by atoms with E-state index in [9.17, 15) is 19.1 Å². The third-order valence-corrected chi connectivity index (χ3v) is 7.61. The summed E-state index contributed by atoms with van der Waals surface area (Å²) in [6, 6.07) is 13.4. The minimum Gasteiger partial charge on any atom is -0.508 e. The molecule has 1 aliphatic heterocycles. The fourth-order valence-corrected chi connectivity index (χ4v) is 5.52. The average molecular weight is 579 g/mol. The third kappa shape index (κ3) is 7.74. The number of rotatable bonds is 8. The van der Waals surface area contributed by atoms with Crippen molar-refractivity contribution in [1.82, 2.24) is 20.5 Å². The minimum atomic E-state index is -1.06. The van der Waals surface area contributed by atoms with Gasteiger partial charge in [-0.2, -0.15) is 0 Å². The number of benzene rings is 2. The van der Waals surface area contributed by atoms with Crippen LogP contribution in [0.2, 0.25) is 0 Å². The number of nitrogens with zero attached hydrogens (tertiary/aromatic N) is 2. The number of aromatic nitrogens is 1. The molecule has 4 N–H and O–H groups in total. The van der Waals surface area contributed by atoms with Crippen LogP contribution in [0.1, 0.15) is 48.0 Å². The number of aromatic hydroxyl groups is 1. The summed E-state index contributed by atoms with van der Waals surface area (Å²) < 4.78 is 25.8. The predicted molar refractivity (Wildman–Crippen MR) is 153 cm³/mol.